The zero-order valence-corrected chi connectivity index (χ0v) is 23.8. The number of nitrogens with one attached hydrogen (secondary N) is 2. The Morgan fingerprint density at radius 2 is 1.88 bits per heavy atom. The van der Waals surface area contributed by atoms with Crippen LogP contribution >= 0.6 is 11.6 Å². The lowest BCUT2D eigenvalue weighted by molar-refractivity contribution is -0.141. The van der Waals surface area contributed by atoms with E-state index in [0.29, 0.717) is 30.5 Å². The molecule has 1 aliphatic carbocycles. The third-order valence-corrected chi connectivity index (χ3v) is 9.70. The smallest absolute Gasteiger partial charge is 0.246 e. The Balaban J connectivity index is 1.24. The number of carbonyl (C=O) groups is 3. The highest BCUT2D eigenvalue weighted by Gasteiger charge is 2.72. The summed E-state index contributed by atoms with van der Waals surface area (Å²) in [7, 11) is 0. The molecule has 1 aromatic carbocycles. The number of benzene rings is 1. The summed E-state index contributed by atoms with van der Waals surface area (Å²) in [6.45, 7) is 6.30. The van der Waals surface area contributed by atoms with Gasteiger partial charge in [0.15, 0.2) is 0 Å². The van der Waals surface area contributed by atoms with Gasteiger partial charge in [-0.15, -0.1) is 0 Å². The second kappa shape index (κ2) is 11.4. The molecule has 9 nitrogen and oxygen atoms in total. The van der Waals surface area contributed by atoms with E-state index >= 15 is 0 Å². The Hall–Kier alpha value is -2.46. The van der Waals surface area contributed by atoms with Crippen molar-refractivity contribution >= 4 is 35.0 Å². The molecule has 3 unspecified atom stereocenters. The molecule has 4 aliphatic heterocycles. The molecule has 3 amide bonds. The van der Waals surface area contributed by atoms with Crippen LogP contribution in [-0.4, -0.2) is 90.7 Å². The minimum atomic E-state index is -1.15. The summed E-state index contributed by atoms with van der Waals surface area (Å²) in [5.41, 5.74) is 0.336. The molecule has 5 aliphatic rings. The van der Waals surface area contributed by atoms with Gasteiger partial charge in [-0.3, -0.25) is 19.3 Å². The summed E-state index contributed by atoms with van der Waals surface area (Å²) in [4.78, 5) is 45.7. The average Bonchev–Trinajstić information content (AvgIpc) is 3.59. The van der Waals surface area contributed by atoms with E-state index < -0.39 is 29.6 Å². The van der Waals surface area contributed by atoms with Gasteiger partial charge in [-0.1, -0.05) is 49.1 Å². The minimum absolute atomic E-state index is 0.106. The summed E-state index contributed by atoms with van der Waals surface area (Å²) in [6.07, 6.45) is 9.17. The van der Waals surface area contributed by atoms with E-state index in [4.69, 9.17) is 21.1 Å². The molecule has 4 heterocycles. The van der Waals surface area contributed by atoms with Crippen LogP contribution in [0, 0.1) is 18.8 Å². The molecule has 216 valence electrons. The maximum atomic E-state index is 14.1. The normalized spacial score (nSPS) is 31.9. The van der Waals surface area contributed by atoms with E-state index in [2.05, 4.69) is 15.5 Å². The molecule has 2 bridgehead atoms. The van der Waals surface area contributed by atoms with Crippen molar-refractivity contribution < 1.29 is 23.9 Å². The van der Waals surface area contributed by atoms with Crippen LogP contribution < -0.4 is 10.6 Å². The number of amides is 3. The van der Waals surface area contributed by atoms with Crippen molar-refractivity contribution in [3.8, 4) is 0 Å². The molecule has 1 saturated carbocycles. The molecule has 10 heteroatoms. The molecular weight excluding hydrogens is 532 g/mol. The maximum Gasteiger partial charge on any atom is 0.246 e. The van der Waals surface area contributed by atoms with E-state index in [0.717, 1.165) is 57.3 Å². The molecule has 40 heavy (non-hydrogen) atoms. The summed E-state index contributed by atoms with van der Waals surface area (Å²) >= 11 is 6.29. The van der Waals surface area contributed by atoms with Crippen molar-refractivity contribution in [1.82, 2.24) is 15.1 Å². The monoisotopic (exact) mass is 570 g/mol. The van der Waals surface area contributed by atoms with Gasteiger partial charge in [0.2, 0.25) is 17.7 Å². The number of ether oxygens (including phenoxy) is 2. The van der Waals surface area contributed by atoms with E-state index in [1.807, 2.05) is 25.1 Å². The van der Waals surface area contributed by atoms with Crippen molar-refractivity contribution in [1.29, 1.82) is 0 Å². The number of carbonyl (C=O) groups excluding carboxylic acids is 3. The SMILES string of the molecule is Cc1ccc(NC(=O)C2[C@@H]3C=CC4(O3)C(C(=O)NC3CCCCC3)N(CCCN3CCOCC3)C(=O)[C@H]24)cc1Cl. The van der Waals surface area contributed by atoms with Crippen molar-refractivity contribution in [2.24, 2.45) is 11.8 Å². The fourth-order valence-corrected chi connectivity index (χ4v) is 7.40. The Bertz CT molecular complexity index is 1180. The van der Waals surface area contributed by atoms with Gasteiger partial charge in [-0.25, -0.2) is 0 Å². The van der Waals surface area contributed by atoms with E-state index in [-0.39, 0.29) is 23.8 Å². The first-order valence-corrected chi connectivity index (χ1v) is 15.1. The number of fused-ring (bicyclic) bond motifs is 1. The highest BCUT2D eigenvalue weighted by molar-refractivity contribution is 6.31. The fourth-order valence-electron chi connectivity index (χ4n) is 7.22. The van der Waals surface area contributed by atoms with Gasteiger partial charge in [0.1, 0.15) is 11.6 Å². The van der Waals surface area contributed by atoms with Crippen molar-refractivity contribution in [3.63, 3.8) is 0 Å². The van der Waals surface area contributed by atoms with Crippen LogP contribution in [-0.2, 0) is 23.9 Å². The second-order valence-corrected chi connectivity index (χ2v) is 12.2. The summed E-state index contributed by atoms with van der Waals surface area (Å²) in [5.74, 6) is -2.14. The van der Waals surface area contributed by atoms with E-state index in [1.54, 1.807) is 17.0 Å². The van der Waals surface area contributed by atoms with Gasteiger partial charge >= 0.3 is 0 Å². The third kappa shape index (κ3) is 5.06. The van der Waals surface area contributed by atoms with Crippen LogP contribution in [0.15, 0.2) is 30.4 Å². The first-order valence-electron chi connectivity index (χ1n) is 14.7. The zero-order valence-electron chi connectivity index (χ0n) is 23.1. The van der Waals surface area contributed by atoms with Crippen molar-refractivity contribution in [3.05, 3.63) is 40.9 Å². The topological polar surface area (TPSA) is 100 Å². The average molecular weight is 571 g/mol. The zero-order chi connectivity index (χ0) is 27.9. The number of morpholine rings is 1. The predicted octanol–water partition coefficient (Wildman–Crippen LogP) is 2.91. The number of anilines is 1. The van der Waals surface area contributed by atoms with Gasteiger partial charge in [0, 0.05) is 42.9 Å². The quantitative estimate of drug-likeness (QED) is 0.466. The lowest BCUT2D eigenvalue weighted by atomic mass is 9.74. The predicted molar refractivity (Wildman–Crippen MR) is 151 cm³/mol. The standard InChI is InChI=1S/C30H39ClN4O5/c1-19-8-9-21(18-22(19)31)33-27(36)24-23-10-11-30(40-23)25(24)29(38)35(13-5-12-34-14-16-39-17-15-34)26(30)28(37)32-20-6-3-2-4-7-20/h8-11,18,20,23-26H,2-7,12-17H2,1H3,(H,32,37)(H,33,36)/t23-,24?,25-,26?,30?/m0/s1. The lowest BCUT2D eigenvalue weighted by Crippen LogP contribution is -2.56. The Morgan fingerprint density at radius 3 is 2.62 bits per heavy atom. The largest absolute Gasteiger partial charge is 0.379 e. The number of nitrogens with zero attached hydrogens (tertiary/aromatic N) is 2. The summed E-state index contributed by atoms with van der Waals surface area (Å²) in [5, 5.41) is 6.75. The van der Waals surface area contributed by atoms with Gasteiger partial charge in [0.05, 0.1) is 31.2 Å². The third-order valence-electron chi connectivity index (χ3n) is 9.29. The first kappa shape index (κ1) is 27.7. The van der Waals surface area contributed by atoms with Gasteiger partial charge in [-0.05, 0) is 43.9 Å². The minimum Gasteiger partial charge on any atom is -0.379 e. The van der Waals surface area contributed by atoms with Crippen LogP contribution in [0.5, 0.6) is 0 Å². The number of likely N-dealkylation sites (tertiary alicyclic amines) is 1. The molecule has 0 radical (unpaired) electrons. The number of aryl methyl sites for hydroxylation is 1. The number of rotatable bonds is 8. The van der Waals surface area contributed by atoms with Crippen LogP contribution in [0.4, 0.5) is 5.69 Å². The van der Waals surface area contributed by atoms with E-state index in [1.165, 1.54) is 6.42 Å². The van der Waals surface area contributed by atoms with Gasteiger partial charge in [-0.2, -0.15) is 0 Å². The fraction of sp³-hybridized carbons (Fsp3) is 0.633. The molecule has 1 spiro atoms. The van der Waals surface area contributed by atoms with Crippen molar-refractivity contribution in [2.45, 2.75) is 69.2 Å². The van der Waals surface area contributed by atoms with Crippen LogP contribution in [0.1, 0.15) is 44.1 Å². The summed E-state index contributed by atoms with van der Waals surface area (Å²) in [6, 6.07) is 4.66. The van der Waals surface area contributed by atoms with Crippen LogP contribution in [0.3, 0.4) is 0 Å². The molecule has 5 atom stereocenters. The van der Waals surface area contributed by atoms with E-state index in [9.17, 15) is 14.4 Å². The second-order valence-electron chi connectivity index (χ2n) is 11.8. The number of hydrogen-bond acceptors (Lipinski definition) is 6. The molecule has 1 aromatic rings. The highest BCUT2D eigenvalue weighted by atomic mass is 35.5. The van der Waals surface area contributed by atoms with Gasteiger partial charge in [0.25, 0.3) is 0 Å². The first-order chi connectivity index (χ1) is 19.4. The lowest BCUT2D eigenvalue weighted by Gasteiger charge is -2.34. The highest BCUT2D eigenvalue weighted by Crippen LogP contribution is 2.55. The summed E-state index contributed by atoms with van der Waals surface area (Å²) < 4.78 is 11.9. The molecule has 4 fully saturated rings. The molecule has 3 saturated heterocycles. The molecular formula is C30H39ClN4O5. The van der Waals surface area contributed by atoms with Gasteiger partial charge < -0.3 is 25.0 Å². The Morgan fingerprint density at radius 1 is 1.10 bits per heavy atom. The molecule has 0 aromatic heterocycles. The van der Waals surface area contributed by atoms with Crippen LogP contribution in [0.2, 0.25) is 5.02 Å². The molecule has 2 N–H and O–H groups in total. The van der Waals surface area contributed by atoms with Crippen LogP contribution in [0.25, 0.3) is 0 Å². The maximum absolute atomic E-state index is 14.1. The number of hydrogen-bond donors (Lipinski definition) is 2. The number of halogens is 1. The van der Waals surface area contributed by atoms with Crippen molar-refractivity contribution in [2.75, 3.05) is 44.7 Å². The molecule has 6 rings (SSSR count). The Labute approximate surface area is 240 Å². The Kier molecular flexibility index (Phi) is 7.92.